The maximum absolute atomic E-state index is 12.2. The average molecular weight is 477 g/mol. The zero-order valence-electron chi connectivity index (χ0n) is 18.6. The summed E-state index contributed by atoms with van der Waals surface area (Å²) in [4.78, 5) is 39.7. The van der Waals surface area contributed by atoms with Crippen LogP contribution in [0.3, 0.4) is 0 Å². The summed E-state index contributed by atoms with van der Waals surface area (Å²) in [5.41, 5.74) is 3.16. The van der Waals surface area contributed by atoms with Gasteiger partial charge in [-0.15, -0.1) is 0 Å². The van der Waals surface area contributed by atoms with Gasteiger partial charge in [0, 0.05) is 42.1 Å². The summed E-state index contributed by atoms with van der Waals surface area (Å²) < 4.78 is 11.3. The Labute approximate surface area is 201 Å². The minimum Gasteiger partial charge on any atom is -0.493 e. The fraction of sp³-hybridized carbons (Fsp3) is 0.231. The first kappa shape index (κ1) is 23.5. The van der Waals surface area contributed by atoms with E-state index in [1.165, 1.54) is 0 Å². The van der Waals surface area contributed by atoms with E-state index in [9.17, 15) is 14.4 Å². The fourth-order valence-corrected chi connectivity index (χ4v) is 4.12. The van der Waals surface area contributed by atoms with Gasteiger partial charge in [-0.05, 0) is 42.8 Å². The third-order valence-electron chi connectivity index (χ3n) is 5.37. The smallest absolute Gasteiger partial charge is 0.338 e. The zero-order valence-corrected chi connectivity index (χ0v) is 19.4. The molecule has 2 atom stereocenters. The minimum atomic E-state index is -0.470. The summed E-state index contributed by atoms with van der Waals surface area (Å²) in [5.74, 6) is 0.355. The van der Waals surface area contributed by atoms with Crippen molar-refractivity contribution in [1.29, 1.82) is 0 Å². The van der Waals surface area contributed by atoms with Gasteiger partial charge in [-0.2, -0.15) is 0 Å². The number of hydrogen-bond acceptors (Lipinski definition) is 7. The summed E-state index contributed by atoms with van der Waals surface area (Å²) in [6.45, 7) is 2.28. The van der Waals surface area contributed by atoms with Crippen LogP contribution in [0.5, 0.6) is 5.75 Å². The van der Waals surface area contributed by atoms with Crippen LogP contribution < -0.4 is 10.1 Å². The molecule has 1 amide bonds. The van der Waals surface area contributed by atoms with Crippen LogP contribution in [-0.2, 0) is 22.4 Å². The van der Waals surface area contributed by atoms with Crippen LogP contribution in [0.15, 0.2) is 72.9 Å². The van der Waals surface area contributed by atoms with Crippen LogP contribution in [-0.4, -0.2) is 34.0 Å². The van der Waals surface area contributed by atoms with Crippen LogP contribution in [0.2, 0.25) is 0 Å². The van der Waals surface area contributed by atoms with E-state index in [2.05, 4.69) is 10.3 Å². The number of carbonyl (C=O) groups excluding carboxylic acids is 3. The number of carbonyl (C=O) groups is 3. The molecule has 0 spiro atoms. The second-order valence-electron chi connectivity index (χ2n) is 7.85. The molecule has 2 aromatic carbocycles. The van der Waals surface area contributed by atoms with Crippen molar-refractivity contribution in [2.75, 3.05) is 6.61 Å². The second kappa shape index (κ2) is 11.0. The molecule has 0 bridgehead atoms. The Morgan fingerprint density at radius 2 is 1.82 bits per heavy atom. The van der Waals surface area contributed by atoms with Crippen molar-refractivity contribution in [2.45, 2.75) is 31.9 Å². The van der Waals surface area contributed by atoms with Gasteiger partial charge in [0.2, 0.25) is 5.12 Å². The number of hydrogen-bond donors (Lipinski definition) is 1. The highest BCUT2D eigenvalue weighted by atomic mass is 32.2. The summed E-state index contributed by atoms with van der Waals surface area (Å²) >= 11 is 0.722. The first-order valence-electron chi connectivity index (χ1n) is 10.9. The Morgan fingerprint density at radius 1 is 1.06 bits per heavy atom. The van der Waals surface area contributed by atoms with Crippen molar-refractivity contribution in [1.82, 2.24) is 10.3 Å². The van der Waals surface area contributed by atoms with E-state index >= 15 is 0 Å². The minimum absolute atomic E-state index is 0.146. The van der Waals surface area contributed by atoms with Gasteiger partial charge in [-0.3, -0.25) is 14.6 Å². The molecule has 1 fully saturated rings. The van der Waals surface area contributed by atoms with E-state index in [4.69, 9.17) is 9.47 Å². The molecule has 4 rings (SSSR count). The Balaban J connectivity index is 1.22. The van der Waals surface area contributed by atoms with E-state index in [1.54, 1.807) is 30.5 Å². The van der Waals surface area contributed by atoms with Crippen molar-refractivity contribution >= 4 is 28.1 Å². The SMILES string of the molecule is CC(OC(=O)c1ccccc1)c1ccc(CCOc2ccc(CC3NC(=O)SC3=O)cc2)nc1. The standard InChI is InChI=1S/C26H24N2O5S/c1-17(33-24(29)19-5-3-2-4-6-19)20-9-10-21(27-16-20)13-14-32-22-11-7-18(8-12-22)15-23-25(30)34-26(31)28-23/h2-12,16-17,23H,13-15H2,1H3,(H,28,31). The highest BCUT2D eigenvalue weighted by molar-refractivity contribution is 8.26. The van der Waals surface area contributed by atoms with Crippen LogP contribution >= 0.6 is 11.8 Å². The van der Waals surface area contributed by atoms with Crippen LogP contribution in [0.4, 0.5) is 4.79 Å². The second-order valence-corrected chi connectivity index (χ2v) is 8.83. The summed E-state index contributed by atoms with van der Waals surface area (Å²) in [6, 6.07) is 19.7. The van der Waals surface area contributed by atoms with Gasteiger partial charge in [-0.1, -0.05) is 36.4 Å². The summed E-state index contributed by atoms with van der Waals surface area (Å²) in [7, 11) is 0. The van der Waals surface area contributed by atoms with Crippen LogP contribution in [0.1, 0.15) is 40.2 Å². The zero-order chi connectivity index (χ0) is 23.9. The third-order valence-corrected chi connectivity index (χ3v) is 6.16. The number of nitrogens with zero attached hydrogens (tertiary/aromatic N) is 1. The molecule has 1 aliphatic heterocycles. The molecule has 1 N–H and O–H groups in total. The van der Waals surface area contributed by atoms with Gasteiger partial charge in [0.15, 0.2) is 0 Å². The quantitative estimate of drug-likeness (QED) is 0.454. The van der Waals surface area contributed by atoms with E-state index in [-0.39, 0.29) is 16.3 Å². The molecule has 174 valence electrons. The lowest BCUT2D eigenvalue weighted by atomic mass is 10.1. The van der Waals surface area contributed by atoms with Gasteiger partial charge in [-0.25, -0.2) is 4.79 Å². The van der Waals surface area contributed by atoms with Crippen molar-refractivity contribution in [2.24, 2.45) is 0 Å². The third kappa shape index (κ3) is 6.23. The lowest BCUT2D eigenvalue weighted by Crippen LogP contribution is -2.30. The molecular weight excluding hydrogens is 452 g/mol. The highest BCUT2D eigenvalue weighted by Crippen LogP contribution is 2.21. The number of amides is 1. The average Bonchev–Trinajstić information content (AvgIpc) is 3.17. The summed E-state index contributed by atoms with van der Waals surface area (Å²) in [5, 5.41) is 2.22. The molecular formula is C26H24N2O5S. The predicted molar refractivity (Wildman–Crippen MR) is 129 cm³/mol. The Kier molecular flexibility index (Phi) is 7.59. The topological polar surface area (TPSA) is 94.6 Å². The monoisotopic (exact) mass is 476 g/mol. The molecule has 0 saturated carbocycles. The van der Waals surface area contributed by atoms with Crippen molar-refractivity contribution in [3.05, 3.63) is 95.3 Å². The summed E-state index contributed by atoms with van der Waals surface area (Å²) in [6.07, 6.45) is 2.40. The van der Waals surface area contributed by atoms with Crippen LogP contribution in [0.25, 0.3) is 0 Å². The van der Waals surface area contributed by atoms with E-state index in [0.717, 1.165) is 34.3 Å². The highest BCUT2D eigenvalue weighted by Gasteiger charge is 2.31. The van der Waals surface area contributed by atoms with Gasteiger partial charge < -0.3 is 14.8 Å². The van der Waals surface area contributed by atoms with Crippen molar-refractivity contribution < 1.29 is 23.9 Å². The lowest BCUT2D eigenvalue weighted by Gasteiger charge is -2.14. The van der Waals surface area contributed by atoms with E-state index in [1.807, 2.05) is 49.4 Å². The molecule has 0 radical (unpaired) electrons. The first-order valence-corrected chi connectivity index (χ1v) is 11.7. The number of esters is 1. The number of rotatable bonds is 9. The molecule has 7 nitrogen and oxygen atoms in total. The Hall–Kier alpha value is -3.65. The molecule has 34 heavy (non-hydrogen) atoms. The maximum atomic E-state index is 12.2. The molecule has 1 aliphatic rings. The molecule has 2 unspecified atom stereocenters. The molecule has 1 aromatic heterocycles. The van der Waals surface area contributed by atoms with Gasteiger partial charge in [0.05, 0.1) is 12.2 Å². The predicted octanol–water partition coefficient (Wildman–Crippen LogP) is 4.52. The maximum Gasteiger partial charge on any atom is 0.338 e. The number of thioether (sulfide) groups is 1. The van der Waals surface area contributed by atoms with E-state index < -0.39 is 12.1 Å². The molecule has 8 heteroatoms. The molecule has 3 aromatic rings. The number of benzene rings is 2. The Bertz CT molecular complexity index is 1150. The molecule has 0 aliphatic carbocycles. The normalized spacial score (nSPS) is 16.1. The van der Waals surface area contributed by atoms with Gasteiger partial charge in [0.25, 0.3) is 5.24 Å². The van der Waals surface area contributed by atoms with Crippen molar-refractivity contribution in [3.8, 4) is 5.75 Å². The number of aromatic nitrogens is 1. The first-order chi connectivity index (χ1) is 16.5. The van der Waals surface area contributed by atoms with E-state index in [0.29, 0.717) is 25.0 Å². The number of nitrogens with one attached hydrogen (secondary N) is 1. The molecule has 2 heterocycles. The van der Waals surface area contributed by atoms with Crippen molar-refractivity contribution in [3.63, 3.8) is 0 Å². The largest absolute Gasteiger partial charge is 0.493 e. The fourth-order valence-electron chi connectivity index (χ4n) is 3.45. The van der Waals surface area contributed by atoms with Gasteiger partial charge >= 0.3 is 5.97 Å². The van der Waals surface area contributed by atoms with Crippen LogP contribution in [0, 0.1) is 0 Å². The number of ether oxygens (including phenoxy) is 2. The molecule has 1 saturated heterocycles. The lowest BCUT2D eigenvalue weighted by molar-refractivity contribution is -0.112. The number of pyridine rings is 1. The Morgan fingerprint density at radius 3 is 2.47 bits per heavy atom. The van der Waals surface area contributed by atoms with Gasteiger partial charge in [0.1, 0.15) is 17.9 Å².